The molecule has 1 aromatic carbocycles. The van der Waals surface area contributed by atoms with Crippen LogP contribution < -0.4 is 0 Å². The number of alkyl halides is 3. The normalized spacial score (nSPS) is 17.6. The summed E-state index contributed by atoms with van der Waals surface area (Å²) in [6, 6.07) is 8.11. The quantitative estimate of drug-likeness (QED) is 0.675. The Kier molecular flexibility index (Phi) is 4.01. The Labute approximate surface area is 153 Å². The van der Waals surface area contributed by atoms with Gasteiger partial charge in [0.1, 0.15) is 0 Å². The molecule has 27 heavy (non-hydrogen) atoms. The highest BCUT2D eigenvalue weighted by Gasteiger charge is 2.37. The maximum Gasteiger partial charge on any atom is 0.453 e. The van der Waals surface area contributed by atoms with E-state index in [2.05, 4.69) is 28.9 Å². The number of fused-ring (bicyclic) bond motifs is 2. The van der Waals surface area contributed by atoms with Crippen molar-refractivity contribution in [3.05, 3.63) is 58.7 Å². The highest BCUT2D eigenvalue weighted by Crippen LogP contribution is 2.33. The average molecular weight is 374 g/mol. The minimum atomic E-state index is -4.65. The second-order valence-electron chi connectivity index (χ2n) is 7.13. The summed E-state index contributed by atoms with van der Waals surface area (Å²) in [4.78, 5) is 20.2. The summed E-state index contributed by atoms with van der Waals surface area (Å²) < 4.78 is 39.4. The van der Waals surface area contributed by atoms with Crippen LogP contribution in [0.4, 0.5) is 13.2 Å². The first-order valence-electron chi connectivity index (χ1n) is 8.69. The Morgan fingerprint density at radius 2 is 1.81 bits per heavy atom. The third-order valence-corrected chi connectivity index (χ3v) is 4.91. The lowest BCUT2D eigenvalue weighted by Gasteiger charge is -2.23. The predicted molar refractivity (Wildman–Crippen MR) is 91.7 cm³/mol. The van der Waals surface area contributed by atoms with Gasteiger partial charge in [-0.25, -0.2) is 9.50 Å². The number of carbonyl (C=O) groups is 1. The number of benzene rings is 1. The number of aromatic nitrogens is 4. The van der Waals surface area contributed by atoms with Gasteiger partial charge in [0.15, 0.2) is 5.78 Å². The average Bonchev–Trinajstić information content (AvgIpc) is 3.03. The lowest BCUT2D eigenvalue weighted by atomic mass is 9.81. The summed E-state index contributed by atoms with van der Waals surface area (Å²) in [6.45, 7) is 4.22. The number of rotatable bonds is 2. The molecule has 5 nitrogen and oxygen atoms in total. The van der Waals surface area contributed by atoms with Crippen LogP contribution in [0, 0.1) is 0 Å². The van der Waals surface area contributed by atoms with Crippen molar-refractivity contribution < 1.29 is 18.0 Å². The van der Waals surface area contributed by atoms with Gasteiger partial charge >= 0.3 is 6.18 Å². The molecule has 0 saturated heterocycles. The predicted octanol–water partition coefficient (Wildman–Crippen LogP) is 4.18. The van der Waals surface area contributed by atoms with Crippen LogP contribution in [0.5, 0.6) is 0 Å². The fourth-order valence-electron chi connectivity index (χ4n) is 3.39. The molecule has 1 unspecified atom stereocenters. The van der Waals surface area contributed by atoms with E-state index in [-0.39, 0.29) is 17.5 Å². The van der Waals surface area contributed by atoms with Gasteiger partial charge in [0.25, 0.3) is 11.6 Å². The molecule has 0 N–H and O–H groups in total. The standard InChI is InChI=1S/C19H17F3N4O/c1-10(2)11-3-5-12(6-4-11)13-7-15-14(16(27)8-13)9-26-18(23-15)24-17(25-26)19(20,21)22/h3-6,9-10,13H,7-8H2,1-2H3. The summed E-state index contributed by atoms with van der Waals surface area (Å²) in [5, 5.41) is 3.40. The van der Waals surface area contributed by atoms with Crippen molar-refractivity contribution in [1.29, 1.82) is 0 Å². The zero-order chi connectivity index (χ0) is 19.3. The van der Waals surface area contributed by atoms with E-state index in [0.29, 0.717) is 30.0 Å². The van der Waals surface area contributed by atoms with Gasteiger partial charge in [-0.2, -0.15) is 18.2 Å². The molecular weight excluding hydrogens is 357 g/mol. The molecule has 0 bridgehead atoms. The number of ketones is 1. The van der Waals surface area contributed by atoms with Gasteiger partial charge < -0.3 is 0 Å². The van der Waals surface area contributed by atoms with Crippen LogP contribution >= 0.6 is 0 Å². The lowest BCUT2D eigenvalue weighted by molar-refractivity contribution is -0.144. The Hall–Kier alpha value is -2.77. The largest absolute Gasteiger partial charge is 0.453 e. The Morgan fingerprint density at radius 1 is 1.11 bits per heavy atom. The van der Waals surface area contributed by atoms with Crippen molar-refractivity contribution in [3.63, 3.8) is 0 Å². The van der Waals surface area contributed by atoms with Gasteiger partial charge in [-0.1, -0.05) is 38.1 Å². The number of carbonyl (C=O) groups excluding carboxylic acids is 1. The molecule has 2 aromatic heterocycles. The Bertz CT molecular complexity index is 1020. The fraction of sp³-hybridized carbons (Fsp3) is 0.368. The molecule has 1 atom stereocenters. The van der Waals surface area contributed by atoms with Crippen LogP contribution in [0.15, 0.2) is 30.5 Å². The summed E-state index contributed by atoms with van der Waals surface area (Å²) in [5.41, 5.74) is 3.02. The third kappa shape index (κ3) is 3.20. The highest BCUT2D eigenvalue weighted by atomic mass is 19.4. The molecule has 140 valence electrons. The van der Waals surface area contributed by atoms with Crippen molar-refractivity contribution in [2.24, 2.45) is 0 Å². The first kappa shape index (κ1) is 17.6. The smallest absolute Gasteiger partial charge is 0.294 e. The Balaban J connectivity index is 1.69. The highest BCUT2D eigenvalue weighted by molar-refractivity contribution is 5.98. The van der Waals surface area contributed by atoms with E-state index >= 15 is 0 Å². The molecular formula is C19H17F3N4O. The molecule has 2 heterocycles. The van der Waals surface area contributed by atoms with E-state index in [1.807, 2.05) is 24.3 Å². The topological polar surface area (TPSA) is 60.2 Å². The third-order valence-electron chi connectivity index (χ3n) is 4.91. The van der Waals surface area contributed by atoms with Gasteiger partial charge in [0, 0.05) is 12.6 Å². The van der Waals surface area contributed by atoms with Crippen molar-refractivity contribution in [2.75, 3.05) is 0 Å². The SMILES string of the molecule is CC(C)c1ccc(C2CC(=O)c3cn4nc(C(F)(F)F)nc4nc3C2)cc1. The van der Waals surface area contributed by atoms with Crippen LogP contribution in [0.25, 0.3) is 5.78 Å². The van der Waals surface area contributed by atoms with E-state index in [0.717, 1.165) is 10.1 Å². The van der Waals surface area contributed by atoms with E-state index in [1.165, 1.54) is 11.8 Å². The van der Waals surface area contributed by atoms with Crippen LogP contribution in [0.1, 0.15) is 65.1 Å². The number of halogens is 3. The molecule has 0 amide bonds. The van der Waals surface area contributed by atoms with E-state index in [9.17, 15) is 18.0 Å². The molecule has 3 aromatic rings. The minimum absolute atomic E-state index is 0.0498. The van der Waals surface area contributed by atoms with Gasteiger partial charge in [-0.3, -0.25) is 4.79 Å². The first-order chi connectivity index (χ1) is 12.7. The van der Waals surface area contributed by atoms with E-state index < -0.39 is 12.0 Å². The summed E-state index contributed by atoms with van der Waals surface area (Å²) in [6.07, 6.45) is -2.58. The minimum Gasteiger partial charge on any atom is -0.294 e. The molecule has 4 rings (SSSR count). The first-order valence-corrected chi connectivity index (χ1v) is 8.69. The maximum absolute atomic E-state index is 12.8. The van der Waals surface area contributed by atoms with Gasteiger partial charge in [0.2, 0.25) is 0 Å². The zero-order valence-electron chi connectivity index (χ0n) is 14.8. The number of hydrogen-bond acceptors (Lipinski definition) is 4. The monoisotopic (exact) mass is 374 g/mol. The number of nitrogens with zero attached hydrogens (tertiary/aromatic N) is 4. The van der Waals surface area contributed by atoms with E-state index in [4.69, 9.17) is 0 Å². The molecule has 8 heteroatoms. The number of Topliss-reactive ketones (excluding diaryl/α,β-unsaturated/α-hetero) is 1. The summed E-state index contributed by atoms with van der Waals surface area (Å²) >= 11 is 0. The molecule has 0 saturated carbocycles. The molecule has 0 fully saturated rings. The van der Waals surface area contributed by atoms with E-state index in [1.54, 1.807) is 0 Å². The second-order valence-corrected chi connectivity index (χ2v) is 7.13. The molecule has 1 aliphatic carbocycles. The van der Waals surface area contributed by atoms with Gasteiger partial charge in [-0.05, 0) is 29.4 Å². The van der Waals surface area contributed by atoms with Crippen molar-refractivity contribution in [2.45, 2.75) is 44.7 Å². The molecule has 0 aliphatic heterocycles. The zero-order valence-corrected chi connectivity index (χ0v) is 14.8. The lowest BCUT2D eigenvalue weighted by Crippen LogP contribution is -2.21. The van der Waals surface area contributed by atoms with Gasteiger partial charge in [-0.15, -0.1) is 5.10 Å². The van der Waals surface area contributed by atoms with Crippen molar-refractivity contribution >= 4 is 11.6 Å². The molecule has 0 spiro atoms. The van der Waals surface area contributed by atoms with Crippen LogP contribution in [-0.2, 0) is 12.6 Å². The van der Waals surface area contributed by atoms with Gasteiger partial charge in [0.05, 0.1) is 11.3 Å². The maximum atomic E-state index is 12.8. The van der Waals surface area contributed by atoms with Crippen molar-refractivity contribution in [1.82, 2.24) is 19.6 Å². The van der Waals surface area contributed by atoms with Crippen LogP contribution in [0.2, 0.25) is 0 Å². The number of hydrogen-bond donors (Lipinski definition) is 0. The molecule has 0 radical (unpaired) electrons. The summed E-state index contributed by atoms with van der Waals surface area (Å²) in [7, 11) is 0. The Morgan fingerprint density at radius 3 is 2.44 bits per heavy atom. The second kappa shape index (κ2) is 6.14. The summed E-state index contributed by atoms with van der Waals surface area (Å²) in [5.74, 6) is -1.19. The van der Waals surface area contributed by atoms with Crippen molar-refractivity contribution in [3.8, 4) is 0 Å². The fourth-order valence-corrected chi connectivity index (χ4v) is 3.39. The van der Waals surface area contributed by atoms with Crippen LogP contribution in [0.3, 0.4) is 0 Å². The molecule has 1 aliphatic rings. The van der Waals surface area contributed by atoms with Crippen LogP contribution in [-0.4, -0.2) is 25.4 Å².